The minimum atomic E-state index is 0.373. The Morgan fingerprint density at radius 3 is 2.68 bits per heavy atom. The number of aldehydes is 1. The summed E-state index contributed by atoms with van der Waals surface area (Å²) in [4.78, 5) is 14.9. The van der Waals surface area contributed by atoms with E-state index in [-0.39, 0.29) is 0 Å². The van der Waals surface area contributed by atoms with Gasteiger partial charge in [-0.15, -0.1) is 0 Å². The molecule has 3 rings (SSSR count). The van der Waals surface area contributed by atoms with E-state index < -0.39 is 0 Å². The molecule has 0 radical (unpaired) electrons. The molecule has 0 spiro atoms. The van der Waals surface area contributed by atoms with Crippen molar-refractivity contribution in [2.75, 3.05) is 5.73 Å². The normalized spacial score (nSPS) is 10.4. The number of aromatic nitrogens is 2. The van der Waals surface area contributed by atoms with Crippen LogP contribution in [0.5, 0.6) is 11.5 Å². The summed E-state index contributed by atoms with van der Waals surface area (Å²) in [6.45, 7) is 1.73. The van der Waals surface area contributed by atoms with Crippen molar-refractivity contribution in [2.24, 2.45) is 0 Å². The molecular formula is C16H13N3O3. The van der Waals surface area contributed by atoms with Gasteiger partial charge in [-0.1, -0.05) is 17.3 Å². The summed E-state index contributed by atoms with van der Waals surface area (Å²) in [6, 6.07) is 12.2. The maximum absolute atomic E-state index is 10.8. The highest BCUT2D eigenvalue weighted by atomic mass is 16.5. The van der Waals surface area contributed by atoms with Crippen LogP contribution in [-0.4, -0.2) is 16.4 Å². The second-order valence-electron chi connectivity index (χ2n) is 4.68. The number of aryl methyl sites for hydroxylation is 1. The molecule has 3 aromatic rings. The van der Waals surface area contributed by atoms with Gasteiger partial charge in [0.05, 0.1) is 0 Å². The van der Waals surface area contributed by atoms with Gasteiger partial charge in [-0.25, -0.2) is 0 Å². The third-order valence-corrected chi connectivity index (χ3v) is 3.04. The Morgan fingerprint density at radius 2 is 2.00 bits per heavy atom. The van der Waals surface area contributed by atoms with Gasteiger partial charge in [0.15, 0.2) is 6.29 Å². The van der Waals surface area contributed by atoms with Crippen molar-refractivity contribution in [3.63, 3.8) is 0 Å². The van der Waals surface area contributed by atoms with Gasteiger partial charge in [0.25, 0.3) is 0 Å². The molecule has 0 amide bonds. The number of hydrogen-bond acceptors (Lipinski definition) is 6. The molecule has 0 saturated carbocycles. The summed E-state index contributed by atoms with van der Waals surface area (Å²) in [5, 5.41) is 3.87. The van der Waals surface area contributed by atoms with E-state index in [2.05, 4.69) is 10.1 Å². The van der Waals surface area contributed by atoms with Gasteiger partial charge in [-0.05, 0) is 24.3 Å². The molecule has 0 fully saturated rings. The number of carbonyl (C=O) groups excluding carboxylic acids is 1. The summed E-state index contributed by atoms with van der Waals surface area (Å²) in [5.41, 5.74) is 7.36. The Hall–Kier alpha value is -3.15. The molecule has 0 atom stereocenters. The number of nitrogens with zero attached hydrogens (tertiary/aromatic N) is 2. The molecule has 0 aliphatic rings. The first-order valence-corrected chi connectivity index (χ1v) is 6.59. The summed E-state index contributed by atoms with van der Waals surface area (Å²) in [5.74, 6) is 2.15. The fourth-order valence-electron chi connectivity index (χ4n) is 1.97. The summed E-state index contributed by atoms with van der Waals surface area (Å²) in [7, 11) is 0. The maximum atomic E-state index is 10.8. The van der Waals surface area contributed by atoms with Crippen LogP contribution in [0, 0.1) is 6.92 Å². The van der Waals surface area contributed by atoms with E-state index in [4.69, 9.17) is 15.0 Å². The van der Waals surface area contributed by atoms with E-state index >= 15 is 0 Å². The van der Waals surface area contributed by atoms with Crippen LogP contribution < -0.4 is 10.5 Å². The second kappa shape index (κ2) is 5.69. The van der Waals surface area contributed by atoms with Crippen molar-refractivity contribution < 1.29 is 14.1 Å². The molecule has 6 heteroatoms. The Labute approximate surface area is 126 Å². The predicted molar refractivity (Wildman–Crippen MR) is 80.8 cm³/mol. The topological polar surface area (TPSA) is 91.2 Å². The fraction of sp³-hybridized carbons (Fsp3) is 0.0625. The average Bonchev–Trinajstić information content (AvgIpc) is 2.94. The Balaban J connectivity index is 1.87. The predicted octanol–water partition coefficient (Wildman–Crippen LogP) is 3.23. The molecule has 1 heterocycles. The first-order valence-electron chi connectivity index (χ1n) is 6.59. The molecule has 6 nitrogen and oxygen atoms in total. The highest BCUT2D eigenvalue weighted by molar-refractivity contribution is 5.83. The number of anilines is 1. The van der Waals surface area contributed by atoms with Gasteiger partial charge in [-0.2, -0.15) is 4.98 Å². The van der Waals surface area contributed by atoms with Crippen molar-refractivity contribution in [1.29, 1.82) is 0 Å². The van der Waals surface area contributed by atoms with Crippen LogP contribution in [0.15, 0.2) is 47.0 Å². The summed E-state index contributed by atoms with van der Waals surface area (Å²) >= 11 is 0. The largest absolute Gasteiger partial charge is 0.457 e. The quantitative estimate of drug-likeness (QED) is 0.587. The minimum Gasteiger partial charge on any atom is -0.457 e. The third-order valence-electron chi connectivity index (χ3n) is 3.04. The van der Waals surface area contributed by atoms with Crippen LogP contribution in [0.4, 0.5) is 5.69 Å². The van der Waals surface area contributed by atoms with Crippen molar-refractivity contribution in [2.45, 2.75) is 6.92 Å². The molecule has 22 heavy (non-hydrogen) atoms. The van der Waals surface area contributed by atoms with E-state index in [0.29, 0.717) is 40.8 Å². The van der Waals surface area contributed by atoms with Crippen molar-refractivity contribution in [1.82, 2.24) is 10.1 Å². The molecule has 0 aliphatic carbocycles. The molecule has 0 unspecified atom stereocenters. The van der Waals surface area contributed by atoms with Crippen molar-refractivity contribution in [3.05, 3.63) is 53.9 Å². The third kappa shape index (κ3) is 2.80. The smallest absolute Gasteiger partial charge is 0.223 e. The lowest BCUT2D eigenvalue weighted by Gasteiger charge is -2.08. The maximum Gasteiger partial charge on any atom is 0.223 e. The van der Waals surface area contributed by atoms with E-state index in [1.54, 1.807) is 37.3 Å². The van der Waals surface area contributed by atoms with Crippen molar-refractivity contribution >= 4 is 12.0 Å². The Bertz CT molecular complexity index is 827. The van der Waals surface area contributed by atoms with Crippen LogP contribution in [-0.2, 0) is 0 Å². The zero-order chi connectivity index (χ0) is 15.5. The highest BCUT2D eigenvalue weighted by Crippen LogP contribution is 2.27. The van der Waals surface area contributed by atoms with Gasteiger partial charge in [0, 0.05) is 29.8 Å². The number of ether oxygens (including phenoxy) is 1. The molecular weight excluding hydrogens is 282 g/mol. The summed E-state index contributed by atoms with van der Waals surface area (Å²) < 4.78 is 10.7. The van der Waals surface area contributed by atoms with Gasteiger partial charge in [0.1, 0.15) is 11.5 Å². The molecule has 110 valence electrons. The number of hydrogen-bond donors (Lipinski definition) is 1. The Kier molecular flexibility index (Phi) is 3.57. The fourth-order valence-corrected chi connectivity index (χ4v) is 1.97. The number of nitrogens with two attached hydrogens (primary N) is 1. The molecule has 0 bridgehead atoms. The monoisotopic (exact) mass is 295 g/mol. The zero-order valence-corrected chi connectivity index (χ0v) is 11.8. The number of benzene rings is 2. The minimum absolute atomic E-state index is 0.373. The van der Waals surface area contributed by atoms with Crippen LogP contribution >= 0.6 is 0 Å². The molecule has 1 aromatic heterocycles. The SMILES string of the molecule is Cc1nc(-c2cccc(Oc3ccc(C=O)c(N)c3)c2)no1. The second-order valence-corrected chi connectivity index (χ2v) is 4.68. The standard InChI is InChI=1S/C16H13N3O3/c1-10-18-16(19-22-10)11-3-2-4-13(7-11)21-14-6-5-12(9-20)15(17)8-14/h2-9H,17H2,1H3. The van der Waals surface area contributed by atoms with Crippen molar-refractivity contribution in [3.8, 4) is 22.9 Å². The molecule has 0 aliphatic heterocycles. The van der Waals surface area contributed by atoms with Gasteiger partial charge >= 0.3 is 0 Å². The van der Waals surface area contributed by atoms with E-state index in [1.807, 2.05) is 12.1 Å². The van der Waals surface area contributed by atoms with E-state index in [0.717, 1.165) is 5.56 Å². The lowest BCUT2D eigenvalue weighted by atomic mass is 10.2. The van der Waals surface area contributed by atoms with Crippen LogP contribution in [0.1, 0.15) is 16.2 Å². The molecule has 0 saturated heterocycles. The molecule has 2 N–H and O–H groups in total. The number of carbonyl (C=O) groups is 1. The molecule has 2 aromatic carbocycles. The first kappa shape index (κ1) is 13.8. The van der Waals surface area contributed by atoms with Gasteiger partial charge in [-0.3, -0.25) is 4.79 Å². The van der Waals surface area contributed by atoms with Crippen LogP contribution in [0.2, 0.25) is 0 Å². The number of rotatable bonds is 4. The average molecular weight is 295 g/mol. The highest BCUT2D eigenvalue weighted by Gasteiger charge is 2.08. The van der Waals surface area contributed by atoms with E-state index in [9.17, 15) is 4.79 Å². The van der Waals surface area contributed by atoms with E-state index in [1.165, 1.54) is 0 Å². The van der Waals surface area contributed by atoms with Gasteiger partial charge < -0.3 is 15.0 Å². The number of nitrogen functional groups attached to an aromatic ring is 1. The zero-order valence-electron chi connectivity index (χ0n) is 11.8. The van der Waals surface area contributed by atoms with Crippen LogP contribution in [0.3, 0.4) is 0 Å². The van der Waals surface area contributed by atoms with Gasteiger partial charge in [0.2, 0.25) is 11.7 Å². The first-order chi connectivity index (χ1) is 10.7. The summed E-state index contributed by atoms with van der Waals surface area (Å²) in [6.07, 6.45) is 0.707. The Morgan fingerprint density at radius 1 is 1.18 bits per heavy atom. The van der Waals surface area contributed by atoms with Crippen LogP contribution in [0.25, 0.3) is 11.4 Å². The lowest BCUT2D eigenvalue weighted by molar-refractivity contribution is 0.112. The lowest BCUT2D eigenvalue weighted by Crippen LogP contribution is -1.94.